The van der Waals surface area contributed by atoms with Crippen LogP contribution in [0.15, 0.2) is 42.6 Å². The standard InChI is InChI=1S/C18H25ClN2O3/c1-20-9-3-4-16(20)12-21(10-11-23-2)13-17(22)14-24-18-7-5-15(19)6-8-18/h3-9,17,22H,10-14H2,1-2H3. The van der Waals surface area contributed by atoms with Crippen molar-refractivity contribution in [3.8, 4) is 5.75 Å². The molecule has 0 spiro atoms. The second-order valence-electron chi connectivity index (χ2n) is 5.76. The largest absolute Gasteiger partial charge is 0.491 e. The fraction of sp³-hybridized carbons (Fsp3) is 0.444. The van der Waals surface area contributed by atoms with Crippen LogP contribution in [0, 0.1) is 0 Å². The third-order valence-corrected chi connectivity index (χ3v) is 4.03. The smallest absolute Gasteiger partial charge is 0.119 e. The van der Waals surface area contributed by atoms with Gasteiger partial charge in [-0.1, -0.05) is 11.6 Å². The molecule has 6 heteroatoms. The number of benzene rings is 1. The van der Waals surface area contributed by atoms with E-state index in [4.69, 9.17) is 21.1 Å². The molecule has 2 rings (SSSR count). The van der Waals surface area contributed by atoms with Gasteiger partial charge >= 0.3 is 0 Å². The predicted octanol–water partition coefficient (Wildman–Crippen LogP) is 2.57. The second kappa shape index (κ2) is 9.69. The number of rotatable bonds is 10. The first-order chi connectivity index (χ1) is 11.6. The molecule has 0 saturated heterocycles. The molecule has 1 aromatic carbocycles. The number of nitrogens with zero attached hydrogens (tertiary/aromatic N) is 2. The molecule has 1 unspecified atom stereocenters. The third-order valence-electron chi connectivity index (χ3n) is 3.77. The molecule has 2 aromatic rings. The topological polar surface area (TPSA) is 46.9 Å². The maximum Gasteiger partial charge on any atom is 0.119 e. The summed E-state index contributed by atoms with van der Waals surface area (Å²) in [6.07, 6.45) is 1.43. The average Bonchev–Trinajstić information content (AvgIpc) is 2.97. The first-order valence-corrected chi connectivity index (χ1v) is 8.34. The van der Waals surface area contributed by atoms with Crippen molar-refractivity contribution in [1.29, 1.82) is 0 Å². The number of hydrogen-bond donors (Lipinski definition) is 1. The number of aliphatic hydroxyl groups excluding tert-OH is 1. The van der Waals surface area contributed by atoms with Crippen LogP contribution in [-0.4, -0.2) is 54.1 Å². The van der Waals surface area contributed by atoms with Gasteiger partial charge in [0.1, 0.15) is 18.5 Å². The van der Waals surface area contributed by atoms with E-state index in [2.05, 4.69) is 15.5 Å². The Morgan fingerprint density at radius 2 is 2.00 bits per heavy atom. The summed E-state index contributed by atoms with van der Waals surface area (Å²) in [5.74, 6) is 0.698. The lowest BCUT2D eigenvalue weighted by molar-refractivity contribution is 0.0534. The van der Waals surface area contributed by atoms with Gasteiger partial charge in [0.05, 0.1) is 6.61 Å². The van der Waals surface area contributed by atoms with Gasteiger partial charge in [0.15, 0.2) is 0 Å². The summed E-state index contributed by atoms with van der Waals surface area (Å²) in [4.78, 5) is 2.16. The fourth-order valence-electron chi connectivity index (χ4n) is 2.42. The van der Waals surface area contributed by atoms with E-state index >= 15 is 0 Å². The molecule has 1 heterocycles. The van der Waals surface area contributed by atoms with Gasteiger partial charge in [-0.25, -0.2) is 0 Å². The first kappa shape index (κ1) is 18.8. The molecule has 0 aliphatic rings. The van der Waals surface area contributed by atoms with Gasteiger partial charge in [-0.05, 0) is 36.4 Å². The highest BCUT2D eigenvalue weighted by Gasteiger charge is 2.14. The van der Waals surface area contributed by atoms with Crippen LogP contribution in [0.5, 0.6) is 5.75 Å². The van der Waals surface area contributed by atoms with Crippen molar-refractivity contribution in [3.05, 3.63) is 53.3 Å². The van der Waals surface area contributed by atoms with Crippen LogP contribution < -0.4 is 4.74 Å². The van der Waals surface area contributed by atoms with Crippen LogP contribution in [0.3, 0.4) is 0 Å². The molecule has 0 saturated carbocycles. The van der Waals surface area contributed by atoms with Crippen molar-refractivity contribution in [2.75, 3.05) is 33.4 Å². The highest BCUT2D eigenvalue weighted by atomic mass is 35.5. The minimum atomic E-state index is -0.585. The summed E-state index contributed by atoms with van der Waals surface area (Å²) in [5.41, 5.74) is 1.19. The SMILES string of the molecule is COCCN(Cc1cccn1C)CC(O)COc1ccc(Cl)cc1. The molecule has 132 valence electrons. The Balaban J connectivity index is 1.85. The Kier molecular flexibility index (Phi) is 7.59. The molecule has 0 aliphatic heterocycles. The summed E-state index contributed by atoms with van der Waals surface area (Å²) in [6, 6.07) is 11.2. The fourth-order valence-corrected chi connectivity index (χ4v) is 2.55. The summed E-state index contributed by atoms with van der Waals surface area (Å²) in [5, 5.41) is 11.0. The van der Waals surface area contributed by atoms with Gasteiger partial charge < -0.3 is 19.1 Å². The van der Waals surface area contributed by atoms with Crippen LogP contribution >= 0.6 is 11.6 Å². The number of hydrogen-bond acceptors (Lipinski definition) is 4. The first-order valence-electron chi connectivity index (χ1n) is 7.96. The Labute approximate surface area is 148 Å². The summed E-state index contributed by atoms with van der Waals surface area (Å²) >= 11 is 5.85. The number of methoxy groups -OCH3 is 1. The lowest BCUT2D eigenvalue weighted by atomic mass is 10.3. The maximum atomic E-state index is 10.3. The summed E-state index contributed by atoms with van der Waals surface area (Å²) in [6.45, 7) is 2.88. The number of halogens is 1. The summed E-state index contributed by atoms with van der Waals surface area (Å²) in [7, 11) is 3.70. The molecular formula is C18H25ClN2O3. The van der Waals surface area contributed by atoms with E-state index in [9.17, 15) is 5.11 Å². The Hall–Kier alpha value is -1.53. The molecule has 1 aromatic heterocycles. The molecule has 0 radical (unpaired) electrons. The minimum Gasteiger partial charge on any atom is -0.491 e. The molecule has 0 aliphatic carbocycles. The second-order valence-corrected chi connectivity index (χ2v) is 6.19. The minimum absolute atomic E-state index is 0.234. The number of ether oxygens (including phenoxy) is 2. The van der Waals surface area contributed by atoms with Gasteiger partial charge in [-0.15, -0.1) is 0 Å². The number of aliphatic hydroxyl groups is 1. The van der Waals surface area contributed by atoms with Gasteiger partial charge in [0, 0.05) is 50.7 Å². The molecule has 0 bridgehead atoms. The molecule has 0 amide bonds. The van der Waals surface area contributed by atoms with Gasteiger partial charge in [0.25, 0.3) is 0 Å². The van der Waals surface area contributed by atoms with Crippen molar-refractivity contribution in [2.24, 2.45) is 7.05 Å². The van der Waals surface area contributed by atoms with E-state index in [1.165, 1.54) is 5.69 Å². The lowest BCUT2D eigenvalue weighted by Gasteiger charge is -2.25. The number of aromatic nitrogens is 1. The highest BCUT2D eigenvalue weighted by Crippen LogP contribution is 2.15. The van der Waals surface area contributed by atoms with Crippen LogP contribution in [0.4, 0.5) is 0 Å². The van der Waals surface area contributed by atoms with Gasteiger partial charge in [0.2, 0.25) is 0 Å². The van der Waals surface area contributed by atoms with E-state index < -0.39 is 6.10 Å². The lowest BCUT2D eigenvalue weighted by Crippen LogP contribution is -2.37. The molecule has 1 N–H and O–H groups in total. The van der Waals surface area contributed by atoms with E-state index in [-0.39, 0.29) is 6.61 Å². The quantitative estimate of drug-likeness (QED) is 0.714. The van der Waals surface area contributed by atoms with Crippen molar-refractivity contribution in [3.63, 3.8) is 0 Å². The van der Waals surface area contributed by atoms with Gasteiger partial charge in [-0.2, -0.15) is 0 Å². The zero-order chi connectivity index (χ0) is 17.4. The Morgan fingerprint density at radius 3 is 2.62 bits per heavy atom. The van der Waals surface area contributed by atoms with Crippen LogP contribution in [0.1, 0.15) is 5.69 Å². The molecular weight excluding hydrogens is 328 g/mol. The van der Waals surface area contributed by atoms with E-state index in [0.717, 1.165) is 13.1 Å². The van der Waals surface area contributed by atoms with E-state index in [1.54, 1.807) is 31.4 Å². The zero-order valence-electron chi connectivity index (χ0n) is 14.2. The summed E-state index contributed by atoms with van der Waals surface area (Å²) < 4.78 is 12.9. The normalized spacial score (nSPS) is 12.5. The average molecular weight is 353 g/mol. The Morgan fingerprint density at radius 1 is 1.25 bits per heavy atom. The van der Waals surface area contributed by atoms with E-state index in [0.29, 0.717) is 23.9 Å². The molecule has 5 nitrogen and oxygen atoms in total. The predicted molar refractivity (Wildman–Crippen MR) is 95.5 cm³/mol. The van der Waals surface area contributed by atoms with Crippen molar-refractivity contribution in [1.82, 2.24) is 9.47 Å². The molecule has 0 fully saturated rings. The molecule has 1 atom stereocenters. The third kappa shape index (κ3) is 6.17. The van der Waals surface area contributed by atoms with Crippen LogP contribution in [0.2, 0.25) is 5.02 Å². The van der Waals surface area contributed by atoms with Crippen LogP contribution in [-0.2, 0) is 18.3 Å². The zero-order valence-corrected chi connectivity index (χ0v) is 14.9. The monoisotopic (exact) mass is 352 g/mol. The van der Waals surface area contributed by atoms with Crippen LogP contribution in [0.25, 0.3) is 0 Å². The molecule has 24 heavy (non-hydrogen) atoms. The van der Waals surface area contributed by atoms with Crippen molar-refractivity contribution in [2.45, 2.75) is 12.6 Å². The van der Waals surface area contributed by atoms with Gasteiger partial charge in [-0.3, -0.25) is 4.90 Å². The van der Waals surface area contributed by atoms with Crippen molar-refractivity contribution < 1.29 is 14.6 Å². The highest BCUT2D eigenvalue weighted by molar-refractivity contribution is 6.30. The number of aryl methyl sites for hydroxylation is 1. The van der Waals surface area contributed by atoms with E-state index in [1.807, 2.05) is 19.3 Å². The van der Waals surface area contributed by atoms with Crippen molar-refractivity contribution >= 4 is 11.6 Å². The maximum absolute atomic E-state index is 10.3. The Bertz CT molecular complexity index is 601.